The van der Waals surface area contributed by atoms with E-state index < -0.39 is 14.3 Å². The SMILES string of the molecule is COC(=O)c1cc(CO[Si](C)(C)C(C)(C)C)nc(C)n1. The molecule has 0 aliphatic heterocycles. The van der Waals surface area contributed by atoms with Crippen molar-refractivity contribution in [3.63, 3.8) is 0 Å². The van der Waals surface area contributed by atoms with Crippen molar-refractivity contribution in [1.29, 1.82) is 0 Å². The highest BCUT2D eigenvalue weighted by Crippen LogP contribution is 2.36. The smallest absolute Gasteiger partial charge is 0.356 e. The number of hydrogen-bond donors (Lipinski definition) is 0. The Kier molecular flexibility index (Phi) is 5.04. The fraction of sp³-hybridized carbons (Fsp3) is 0.643. The molecule has 0 spiro atoms. The molecule has 0 saturated heterocycles. The Bertz CT molecular complexity index is 496. The molecule has 0 amide bonds. The highest BCUT2D eigenvalue weighted by atomic mass is 28.4. The Hall–Kier alpha value is -1.27. The molecule has 0 atom stereocenters. The zero-order valence-corrected chi connectivity index (χ0v) is 14.4. The van der Waals surface area contributed by atoms with Gasteiger partial charge in [-0.15, -0.1) is 0 Å². The Morgan fingerprint density at radius 2 is 1.90 bits per heavy atom. The van der Waals surface area contributed by atoms with E-state index in [-0.39, 0.29) is 10.7 Å². The molecule has 0 aromatic carbocycles. The summed E-state index contributed by atoms with van der Waals surface area (Å²) in [6.07, 6.45) is 0. The second-order valence-corrected chi connectivity index (χ2v) is 11.1. The van der Waals surface area contributed by atoms with Gasteiger partial charge in [0, 0.05) is 0 Å². The molecule has 1 heterocycles. The van der Waals surface area contributed by atoms with E-state index in [1.165, 1.54) is 7.11 Å². The molecule has 0 radical (unpaired) electrons. The van der Waals surface area contributed by atoms with Gasteiger partial charge in [0.1, 0.15) is 5.82 Å². The minimum Gasteiger partial charge on any atom is -0.464 e. The van der Waals surface area contributed by atoms with Crippen molar-refractivity contribution in [2.24, 2.45) is 0 Å². The second-order valence-electron chi connectivity index (χ2n) is 6.33. The molecule has 1 aromatic rings. The second kappa shape index (κ2) is 6.01. The number of hydrogen-bond acceptors (Lipinski definition) is 5. The van der Waals surface area contributed by atoms with Crippen molar-refractivity contribution in [3.8, 4) is 0 Å². The van der Waals surface area contributed by atoms with Gasteiger partial charge in [0.05, 0.1) is 19.4 Å². The highest BCUT2D eigenvalue weighted by molar-refractivity contribution is 6.74. The quantitative estimate of drug-likeness (QED) is 0.631. The molecule has 0 aliphatic carbocycles. The van der Waals surface area contributed by atoms with Gasteiger partial charge in [-0.1, -0.05) is 20.8 Å². The molecular formula is C14H24N2O3Si. The summed E-state index contributed by atoms with van der Waals surface area (Å²) in [5.41, 5.74) is 0.983. The van der Waals surface area contributed by atoms with Crippen LogP contribution in [0.3, 0.4) is 0 Å². The third-order valence-corrected chi connectivity index (χ3v) is 8.15. The minimum absolute atomic E-state index is 0.139. The monoisotopic (exact) mass is 296 g/mol. The Balaban J connectivity index is 2.89. The van der Waals surface area contributed by atoms with E-state index in [0.29, 0.717) is 18.1 Å². The van der Waals surface area contributed by atoms with Crippen LogP contribution in [-0.2, 0) is 15.8 Å². The van der Waals surface area contributed by atoms with Crippen LogP contribution in [0.5, 0.6) is 0 Å². The summed E-state index contributed by atoms with van der Waals surface area (Å²) in [6.45, 7) is 13.1. The van der Waals surface area contributed by atoms with Gasteiger partial charge in [0.2, 0.25) is 0 Å². The van der Waals surface area contributed by atoms with Gasteiger partial charge in [0.25, 0.3) is 0 Å². The van der Waals surface area contributed by atoms with Crippen LogP contribution in [0.15, 0.2) is 6.07 Å². The van der Waals surface area contributed by atoms with E-state index in [4.69, 9.17) is 4.43 Å². The first-order valence-electron chi connectivity index (χ1n) is 6.63. The lowest BCUT2D eigenvalue weighted by Gasteiger charge is -2.36. The van der Waals surface area contributed by atoms with Crippen molar-refractivity contribution >= 4 is 14.3 Å². The lowest BCUT2D eigenvalue weighted by atomic mass is 10.2. The van der Waals surface area contributed by atoms with Gasteiger partial charge >= 0.3 is 5.97 Å². The molecule has 1 rings (SSSR count). The van der Waals surface area contributed by atoms with Crippen molar-refractivity contribution in [3.05, 3.63) is 23.3 Å². The lowest BCUT2D eigenvalue weighted by molar-refractivity contribution is 0.0593. The normalized spacial score (nSPS) is 12.3. The van der Waals surface area contributed by atoms with Gasteiger partial charge in [-0.25, -0.2) is 14.8 Å². The predicted octanol–water partition coefficient (Wildman–Crippen LogP) is 3.09. The lowest BCUT2D eigenvalue weighted by Crippen LogP contribution is -2.40. The summed E-state index contributed by atoms with van der Waals surface area (Å²) in [7, 11) is -0.496. The standard InChI is InChI=1S/C14H24N2O3Si/c1-10-15-11(8-12(16-10)13(17)18-5)9-19-20(6,7)14(2,3)4/h8H,9H2,1-7H3. The van der Waals surface area contributed by atoms with Crippen LogP contribution >= 0.6 is 0 Å². The third-order valence-electron chi connectivity index (χ3n) is 3.67. The van der Waals surface area contributed by atoms with Crippen molar-refractivity contribution in [2.45, 2.75) is 52.4 Å². The van der Waals surface area contributed by atoms with Crippen LogP contribution < -0.4 is 0 Å². The first-order valence-corrected chi connectivity index (χ1v) is 9.54. The predicted molar refractivity (Wildman–Crippen MR) is 80.1 cm³/mol. The van der Waals surface area contributed by atoms with Crippen molar-refractivity contribution < 1.29 is 14.0 Å². The zero-order valence-electron chi connectivity index (χ0n) is 13.4. The molecule has 0 saturated carbocycles. The van der Waals surface area contributed by atoms with Gasteiger partial charge in [-0.05, 0) is 31.1 Å². The molecular weight excluding hydrogens is 272 g/mol. The van der Waals surface area contributed by atoms with Crippen LogP contribution in [0, 0.1) is 6.92 Å². The van der Waals surface area contributed by atoms with Gasteiger partial charge in [-0.3, -0.25) is 0 Å². The van der Waals surface area contributed by atoms with Gasteiger partial charge in [0.15, 0.2) is 14.0 Å². The van der Waals surface area contributed by atoms with Gasteiger partial charge < -0.3 is 9.16 Å². The average molecular weight is 296 g/mol. The van der Waals surface area contributed by atoms with Gasteiger partial charge in [-0.2, -0.15) is 0 Å². The van der Waals surface area contributed by atoms with Crippen molar-refractivity contribution in [2.75, 3.05) is 7.11 Å². The number of carbonyl (C=O) groups is 1. The summed E-state index contributed by atoms with van der Waals surface area (Å²) in [5.74, 6) is 0.0887. The molecule has 20 heavy (non-hydrogen) atoms. The largest absolute Gasteiger partial charge is 0.464 e. The minimum atomic E-state index is -1.83. The van der Waals surface area contributed by atoms with E-state index >= 15 is 0 Å². The third kappa shape index (κ3) is 4.11. The summed E-state index contributed by atoms with van der Waals surface area (Å²) < 4.78 is 10.8. The number of aryl methyl sites for hydroxylation is 1. The highest BCUT2D eigenvalue weighted by Gasteiger charge is 2.37. The summed E-state index contributed by atoms with van der Waals surface area (Å²) in [5, 5.41) is 0.139. The fourth-order valence-electron chi connectivity index (χ4n) is 1.38. The number of aromatic nitrogens is 2. The van der Waals surface area contributed by atoms with Crippen LogP contribution in [0.1, 0.15) is 42.8 Å². The molecule has 5 nitrogen and oxygen atoms in total. The number of carbonyl (C=O) groups excluding carboxylic acids is 1. The first-order chi connectivity index (χ1) is 9.06. The number of methoxy groups -OCH3 is 1. The Labute approximate surface area is 121 Å². The summed E-state index contributed by atoms with van der Waals surface area (Å²) in [4.78, 5) is 19.9. The molecule has 0 aliphatic rings. The number of nitrogens with zero attached hydrogens (tertiary/aromatic N) is 2. The molecule has 1 aromatic heterocycles. The maximum Gasteiger partial charge on any atom is 0.356 e. The van der Waals surface area contributed by atoms with Crippen LogP contribution in [-0.4, -0.2) is 31.4 Å². The molecule has 0 bridgehead atoms. The first kappa shape index (κ1) is 16.8. The van der Waals surface area contributed by atoms with E-state index in [0.717, 1.165) is 0 Å². The topological polar surface area (TPSA) is 61.3 Å². The van der Waals surface area contributed by atoms with E-state index in [1.807, 2.05) is 0 Å². The van der Waals surface area contributed by atoms with E-state index in [1.54, 1.807) is 13.0 Å². The summed E-state index contributed by atoms with van der Waals surface area (Å²) >= 11 is 0. The number of rotatable bonds is 4. The maximum atomic E-state index is 11.5. The summed E-state index contributed by atoms with van der Waals surface area (Å²) in [6, 6.07) is 1.63. The van der Waals surface area contributed by atoms with Crippen molar-refractivity contribution in [1.82, 2.24) is 9.97 Å². The molecule has 112 valence electrons. The van der Waals surface area contributed by atoms with E-state index in [2.05, 4.69) is 48.6 Å². The van der Waals surface area contributed by atoms with Crippen LogP contribution in [0.2, 0.25) is 18.1 Å². The molecule has 6 heteroatoms. The Morgan fingerprint density at radius 1 is 1.30 bits per heavy atom. The average Bonchev–Trinajstić information content (AvgIpc) is 2.33. The molecule has 0 unspecified atom stereocenters. The fourth-order valence-corrected chi connectivity index (χ4v) is 2.33. The molecule has 0 N–H and O–H groups in total. The number of esters is 1. The maximum absolute atomic E-state index is 11.5. The zero-order chi connectivity index (χ0) is 15.6. The van der Waals surface area contributed by atoms with E-state index in [9.17, 15) is 4.79 Å². The number of ether oxygens (including phenoxy) is 1. The van der Waals surface area contributed by atoms with Crippen LogP contribution in [0.25, 0.3) is 0 Å². The Morgan fingerprint density at radius 3 is 2.40 bits per heavy atom. The molecule has 0 fully saturated rings. The van der Waals surface area contributed by atoms with Crippen LogP contribution in [0.4, 0.5) is 0 Å².